The van der Waals surface area contributed by atoms with Gasteiger partial charge in [-0.25, -0.2) is 0 Å². The average Bonchev–Trinajstić information content (AvgIpc) is 3.24. The first-order valence-electron chi connectivity index (χ1n) is 21.0. The van der Waals surface area contributed by atoms with Gasteiger partial charge in [0.05, 0.1) is 136 Å². The minimum absolute atomic E-state index is 0.0472. The summed E-state index contributed by atoms with van der Waals surface area (Å²) in [6.45, 7) is 12.8. The van der Waals surface area contributed by atoms with Gasteiger partial charge in [0, 0.05) is 41.3 Å². The molecule has 2 N–H and O–H groups in total. The second-order valence-electron chi connectivity index (χ2n) is 14.0. The highest BCUT2D eigenvalue weighted by Gasteiger charge is 2.26. The molecule has 22 heteroatoms. The molecule has 0 aromatic carbocycles. The smallest absolute Gasteiger partial charge is 0.181 e. The molecule has 0 spiro atoms. The van der Waals surface area contributed by atoms with E-state index in [0.717, 1.165) is 0 Å². The Morgan fingerprint density at radius 3 is 0.918 bits per heavy atom. The number of aliphatic hydroxyl groups is 2. The number of hydrogen-bond acceptors (Lipinski definition) is 22. The van der Waals surface area contributed by atoms with Crippen molar-refractivity contribution in [2.24, 2.45) is 5.92 Å². The lowest BCUT2D eigenvalue weighted by Crippen LogP contribution is -2.38. The Morgan fingerprint density at radius 2 is 0.639 bits per heavy atom. The van der Waals surface area contributed by atoms with Gasteiger partial charge in [-0.15, -0.1) is 0 Å². The second kappa shape index (κ2) is 44.0. The predicted octanol–water partition coefficient (Wildman–Crippen LogP) is 3.40. The van der Waals surface area contributed by atoms with E-state index in [-0.39, 0.29) is 84.2 Å². The van der Waals surface area contributed by atoms with Crippen LogP contribution in [0.5, 0.6) is 0 Å². The highest BCUT2D eigenvalue weighted by Crippen LogP contribution is 2.17. The van der Waals surface area contributed by atoms with Gasteiger partial charge in [0.2, 0.25) is 0 Å². The number of rotatable bonds is 47. The van der Waals surface area contributed by atoms with Gasteiger partial charge in [0.25, 0.3) is 0 Å². The lowest BCUT2D eigenvalue weighted by atomic mass is 10.0. The lowest BCUT2D eigenvalue weighted by molar-refractivity contribution is -0.256. The molecule has 16 nitrogen and oxygen atoms in total. The van der Waals surface area contributed by atoms with E-state index in [2.05, 4.69) is 75.8 Å². The highest BCUT2D eigenvalue weighted by atomic mass is 32.1. The first kappa shape index (κ1) is 62.5. The van der Waals surface area contributed by atoms with Gasteiger partial charge in [-0.05, 0) is 46.8 Å². The monoisotopic (exact) mass is 996 g/mol. The molecule has 0 saturated carbocycles. The number of thiol groups is 6. The van der Waals surface area contributed by atoms with E-state index in [0.29, 0.717) is 80.6 Å². The van der Waals surface area contributed by atoms with Gasteiger partial charge in [-0.2, -0.15) is 75.8 Å². The third-order valence-electron chi connectivity index (χ3n) is 8.00. The maximum atomic E-state index is 10.00. The molecular formula is C39H80O16S6. The van der Waals surface area contributed by atoms with Gasteiger partial charge in [-0.3, -0.25) is 0 Å². The maximum Gasteiger partial charge on any atom is 0.181 e. The third kappa shape index (κ3) is 36.2. The fraction of sp³-hybridized carbons (Fsp3) is 1.00. The first-order valence-corrected chi connectivity index (χ1v) is 24.8. The summed E-state index contributed by atoms with van der Waals surface area (Å²) in [5.41, 5.74) is 0. The van der Waals surface area contributed by atoms with Gasteiger partial charge in [0.15, 0.2) is 25.2 Å². The Hall–Kier alpha value is 1.46. The zero-order valence-corrected chi connectivity index (χ0v) is 42.3. The normalized spacial score (nSPS) is 17.7. The summed E-state index contributed by atoms with van der Waals surface area (Å²) >= 11 is 25.5. The topological polar surface area (TPSA) is 170 Å². The number of hydrogen-bond donors (Lipinski definition) is 8. The molecule has 368 valence electrons. The van der Waals surface area contributed by atoms with E-state index in [1.54, 1.807) is 6.92 Å². The van der Waals surface area contributed by atoms with Crippen molar-refractivity contribution in [3.63, 3.8) is 0 Å². The Bertz CT molecular complexity index is 934. The molecule has 0 amide bonds. The molecule has 0 radical (unpaired) electrons. The van der Waals surface area contributed by atoms with Crippen molar-refractivity contribution in [3.8, 4) is 0 Å². The summed E-state index contributed by atoms with van der Waals surface area (Å²) in [5.74, 6) is 3.21. The molecule has 0 heterocycles. The summed E-state index contributed by atoms with van der Waals surface area (Å²) in [6.07, 6.45) is -4.68. The Morgan fingerprint density at radius 1 is 0.344 bits per heavy atom. The summed E-state index contributed by atoms with van der Waals surface area (Å²) in [5, 5.41) is 19.4. The van der Waals surface area contributed by atoms with E-state index in [1.807, 2.05) is 27.7 Å². The van der Waals surface area contributed by atoms with Crippen LogP contribution >= 0.6 is 75.8 Å². The predicted molar refractivity (Wildman–Crippen MR) is 255 cm³/mol. The number of aliphatic hydroxyl groups excluding tert-OH is 2. The minimum Gasteiger partial charge on any atom is -0.396 e. The molecule has 0 aromatic rings. The van der Waals surface area contributed by atoms with Gasteiger partial charge in [0.1, 0.15) is 0 Å². The molecule has 0 aliphatic carbocycles. The summed E-state index contributed by atoms with van der Waals surface area (Å²) < 4.78 is 83.3. The van der Waals surface area contributed by atoms with Crippen LogP contribution in [0.4, 0.5) is 0 Å². The van der Waals surface area contributed by atoms with Crippen molar-refractivity contribution in [1.82, 2.24) is 0 Å². The van der Waals surface area contributed by atoms with E-state index >= 15 is 0 Å². The third-order valence-corrected chi connectivity index (χ3v) is 9.18. The van der Waals surface area contributed by atoms with Crippen molar-refractivity contribution < 1.29 is 76.5 Å². The van der Waals surface area contributed by atoms with Crippen LogP contribution in [0.3, 0.4) is 0 Å². The summed E-state index contributed by atoms with van der Waals surface area (Å²) in [6, 6.07) is 0. The fourth-order valence-electron chi connectivity index (χ4n) is 5.10. The lowest BCUT2D eigenvalue weighted by Gasteiger charge is -2.30. The van der Waals surface area contributed by atoms with Crippen LogP contribution in [0.15, 0.2) is 0 Å². The largest absolute Gasteiger partial charge is 0.396 e. The van der Waals surface area contributed by atoms with Crippen LogP contribution in [-0.4, -0.2) is 212 Å². The van der Waals surface area contributed by atoms with Crippen LogP contribution in [0.2, 0.25) is 0 Å². The molecule has 0 aliphatic heterocycles. The van der Waals surface area contributed by atoms with Crippen molar-refractivity contribution >= 4 is 75.8 Å². The van der Waals surface area contributed by atoms with E-state index in [4.69, 9.17) is 66.3 Å². The molecule has 0 bridgehead atoms. The summed E-state index contributed by atoms with van der Waals surface area (Å²) in [7, 11) is 0. The molecule has 0 aromatic heterocycles. The van der Waals surface area contributed by atoms with Crippen molar-refractivity contribution in [2.75, 3.05) is 140 Å². The minimum atomic E-state index is -0.758. The van der Waals surface area contributed by atoms with E-state index in [9.17, 15) is 10.2 Å². The average molecular weight is 997 g/mol. The zero-order valence-electron chi connectivity index (χ0n) is 36.9. The second-order valence-corrected chi connectivity index (χ2v) is 16.6. The summed E-state index contributed by atoms with van der Waals surface area (Å²) in [4.78, 5) is 0. The Balaban J connectivity index is 5.41. The standard InChI is InChI=1S/C39H80O16S6/c1-29(18-40)52-36(25-43-8-14-58)48-21-31(3)54-38(27-45-10-16-60)50-23-33(5)55-39(28-46-11-17-61)49-22-32(4)53-37(26-44-9-15-59)47-20-30(2)51-35(24-42-7-13-57)34(19-41)6-12-56/h29-41,56-61H,6-28H2,1-5H3. The molecule has 11 atom stereocenters. The molecule has 0 saturated heterocycles. The first-order chi connectivity index (χ1) is 29.5. The maximum absolute atomic E-state index is 10.00. The molecule has 61 heavy (non-hydrogen) atoms. The molecule has 0 rings (SSSR count). The van der Waals surface area contributed by atoms with E-state index in [1.165, 1.54) is 0 Å². The van der Waals surface area contributed by atoms with Gasteiger partial charge >= 0.3 is 0 Å². The van der Waals surface area contributed by atoms with Crippen LogP contribution < -0.4 is 0 Å². The van der Waals surface area contributed by atoms with Crippen LogP contribution in [-0.2, 0) is 66.3 Å². The Kier molecular flexibility index (Phi) is 45.0. The number of ether oxygens (including phenoxy) is 14. The fourth-order valence-corrected chi connectivity index (χ4v) is 6.08. The van der Waals surface area contributed by atoms with Crippen LogP contribution in [0.25, 0.3) is 0 Å². The van der Waals surface area contributed by atoms with Crippen molar-refractivity contribution in [1.29, 1.82) is 0 Å². The molecule has 11 unspecified atom stereocenters. The van der Waals surface area contributed by atoms with Gasteiger partial charge < -0.3 is 76.5 Å². The van der Waals surface area contributed by atoms with Crippen LogP contribution in [0.1, 0.15) is 41.0 Å². The molecular weight excluding hydrogens is 917 g/mol. The van der Waals surface area contributed by atoms with Crippen molar-refractivity contribution in [2.45, 2.75) is 103 Å². The quantitative estimate of drug-likeness (QED) is 0.0254. The van der Waals surface area contributed by atoms with Gasteiger partial charge in [-0.1, -0.05) is 0 Å². The Labute approximate surface area is 399 Å². The SMILES string of the molecule is CC(CO)OC(COCCS)OCC(C)OC(COCCS)OCC(C)OC(COCCS)OCC(C)OC(COCCS)OCC(C)OC(COCCS)C(CO)CCS. The van der Waals surface area contributed by atoms with E-state index < -0.39 is 49.6 Å². The molecule has 0 fully saturated rings. The van der Waals surface area contributed by atoms with Crippen molar-refractivity contribution in [3.05, 3.63) is 0 Å². The molecule has 0 aliphatic rings. The highest BCUT2D eigenvalue weighted by molar-refractivity contribution is 7.81. The zero-order chi connectivity index (χ0) is 45.5. The van der Waals surface area contributed by atoms with Crippen LogP contribution in [0, 0.1) is 5.92 Å².